The quantitative estimate of drug-likeness (QED) is 0.864. The topological polar surface area (TPSA) is 24.9 Å². The van der Waals surface area contributed by atoms with Crippen LogP contribution in [0, 0.1) is 0 Å². The molecule has 0 fully saturated rings. The van der Waals surface area contributed by atoms with Crippen LogP contribution < -0.4 is 5.32 Å². The Morgan fingerprint density at radius 2 is 2.43 bits per heavy atom. The summed E-state index contributed by atoms with van der Waals surface area (Å²) >= 11 is 7.29. The van der Waals surface area contributed by atoms with E-state index in [1.807, 2.05) is 17.6 Å². The van der Waals surface area contributed by atoms with Crippen LogP contribution in [-0.2, 0) is 0 Å². The predicted octanol–water partition coefficient (Wildman–Crippen LogP) is 3.46. The molecule has 0 unspecified atom stereocenters. The van der Waals surface area contributed by atoms with Gasteiger partial charge in [0.2, 0.25) is 0 Å². The van der Waals surface area contributed by atoms with Crippen LogP contribution in [0.1, 0.15) is 0 Å². The van der Waals surface area contributed by atoms with Gasteiger partial charge in [0.05, 0.1) is 22.3 Å². The molecule has 1 heterocycles. The second-order valence-corrected chi connectivity index (χ2v) is 4.33. The summed E-state index contributed by atoms with van der Waals surface area (Å²) < 4.78 is 1.18. The fourth-order valence-corrected chi connectivity index (χ4v) is 1.95. The van der Waals surface area contributed by atoms with Gasteiger partial charge in [0.15, 0.2) is 0 Å². The van der Waals surface area contributed by atoms with Gasteiger partial charge in [-0.05, 0) is 18.2 Å². The smallest absolute Gasteiger partial charge is 0.0813 e. The summed E-state index contributed by atoms with van der Waals surface area (Å²) in [6.07, 6.45) is 0. The zero-order valence-electron chi connectivity index (χ0n) is 7.46. The van der Waals surface area contributed by atoms with Crippen LogP contribution in [0.3, 0.4) is 0 Å². The lowest BCUT2D eigenvalue weighted by Crippen LogP contribution is -1.99. The molecular weight excluding hydrogens is 216 g/mol. The van der Waals surface area contributed by atoms with Gasteiger partial charge < -0.3 is 5.32 Å². The van der Waals surface area contributed by atoms with Gasteiger partial charge in [0.25, 0.3) is 0 Å². The van der Waals surface area contributed by atoms with Gasteiger partial charge in [-0.1, -0.05) is 18.2 Å². The van der Waals surface area contributed by atoms with Gasteiger partial charge in [-0.3, -0.25) is 0 Å². The number of nitrogens with zero attached hydrogens (tertiary/aromatic N) is 1. The van der Waals surface area contributed by atoms with E-state index in [1.54, 1.807) is 11.3 Å². The zero-order valence-corrected chi connectivity index (χ0v) is 9.03. The van der Waals surface area contributed by atoms with Gasteiger partial charge in [-0.2, -0.15) is 0 Å². The summed E-state index contributed by atoms with van der Waals surface area (Å²) in [7, 11) is 0. The Labute approximate surface area is 91.2 Å². The molecule has 0 saturated carbocycles. The average Bonchev–Trinajstić information content (AvgIpc) is 2.61. The highest BCUT2D eigenvalue weighted by molar-refractivity contribution is 7.16. The summed E-state index contributed by atoms with van der Waals surface area (Å²) in [4.78, 5) is 4.20. The Hall–Kier alpha value is -1.06. The lowest BCUT2D eigenvalue weighted by molar-refractivity contribution is 1.32. The third-order valence-corrected chi connectivity index (χ3v) is 2.74. The second kappa shape index (κ2) is 3.98. The van der Waals surface area contributed by atoms with Crippen molar-refractivity contribution in [1.82, 2.24) is 4.98 Å². The van der Waals surface area contributed by atoms with Crippen LogP contribution in [-0.4, -0.2) is 11.5 Å². The minimum Gasteiger partial charge on any atom is -0.380 e. The molecule has 0 spiro atoms. The van der Waals surface area contributed by atoms with Crippen molar-refractivity contribution in [3.05, 3.63) is 35.3 Å². The maximum atomic E-state index is 5.66. The summed E-state index contributed by atoms with van der Waals surface area (Å²) in [6, 6.07) is 6.04. The van der Waals surface area contributed by atoms with Crippen molar-refractivity contribution in [3.8, 4) is 0 Å². The van der Waals surface area contributed by atoms with Crippen LogP contribution in [0.25, 0.3) is 10.2 Å². The Balaban J connectivity index is 2.21. The molecule has 0 amide bonds. The van der Waals surface area contributed by atoms with Crippen molar-refractivity contribution in [2.75, 3.05) is 11.9 Å². The molecule has 2 rings (SSSR count). The minimum absolute atomic E-state index is 0.589. The predicted molar refractivity (Wildman–Crippen MR) is 63.1 cm³/mol. The lowest BCUT2D eigenvalue weighted by atomic mass is 10.3. The molecule has 1 aromatic carbocycles. The number of aromatic nitrogens is 1. The first kappa shape index (κ1) is 9.49. The molecular formula is C10H9ClN2S. The van der Waals surface area contributed by atoms with Gasteiger partial charge in [0, 0.05) is 10.7 Å². The number of fused-ring (bicyclic) bond motifs is 1. The third-order valence-electron chi connectivity index (χ3n) is 1.82. The number of halogens is 1. The van der Waals surface area contributed by atoms with Crippen LogP contribution in [0.5, 0.6) is 0 Å². The molecule has 0 saturated heterocycles. The highest BCUT2D eigenvalue weighted by Crippen LogP contribution is 2.21. The van der Waals surface area contributed by atoms with Crippen LogP contribution in [0.2, 0.25) is 0 Å². The molecule has 4 heteroatoms. The van der Waals surface area contributed by atoms with Crippen molar-refractivity contribution in [2.45, 2.75) is 0 Å². The number of anilines is 1. The highest BCUT2D eigenvalue weighted by Gasteiger charge is 1.98. The Morgan fingerprint density at radius 3 is 3.21 bits per heavy atom. The summed E-state index contributed by atoms with van der Waals surface area (Å²) in [5.74, 6) is 0. The first-order valence-electron chi connectivity index (χ1n) is 4.16. The van der Waals surface area contributed by atoms with Gasteiger partial charge in [-0.15, -0.1) is 11.3 Å². The van der Waals surface area contributed by atoms with E-state index in [2.05, 4.69) is 22.9 Å². The lowest BCUT2D eigenvalue weighted by Gasteiger charge is -2.03. The molecule has 72 valence electrons. The van der Waals surface area contributed by atoms with Gasteiger partial charge in [-0.25, -0.2) is 4.98 Å². The van der Waals surface area contributed by atoms with E-state index in [1.165, 1.54) is 4.70 Å². The maximum Gasteiger partial charge on any atom is 0.0813 e. The molecule has 0 atom stereocenters. The maximum absolute atomic E-state index is 5.66. The van der Waals surface area contributed by atoms with E-state index in [9.17, 15) is 0 Å². The fraction of sp³-hybridized carbons (Fsp3) is 0.100. The van der Waals surface area contributed by atoms with Gasteiger partial charge >= 0.3 is 0 Å². The number of hydrogen-bond acceptors (Lipinski definition) is 3. The van der Waals surface area contributed by atoms with E-state index >= 15 is 0 Å². The summed E-state index contributed by atoms with van der Waals surface area (Å²) in [5.41, 5.74) is 3.92. The molecule has 0 aliphatic heterocycles. The molecule has 0 aliphatic carbocycles. The number of nitrogens with one attached hydrogen (secondary N) is 1. The highest BCUT2D eigenvalue weighted by atomic mass is 35.5. The molecule has 1 N–H and O–H groups in total. The molecule has 2 aromatic rings. The fourth-order valence-electron chi connectivity index (χ4n) is 1.16. The number of thiazole rings is 1. The molecule has 0 bridgehead atoms. The second-order valence-electron chi connectivity index (χ2n) is 2.91. The first-order chi connectivity index (χ1) is 6.75. The van der Waals surface area contributed by atoms with E-state index in [0.717, 1.165) is 11.2 Å². The largest absolute Gasteiger partial charge is 0.380 e. The summed E-state index contributed by atoms with van der Waals surface area (Å²) in [5, 5.41) is 3.78. The zero-order chi connectivity index (χ0) is 9.97. The Morgan fingerprint density at radius 1 is 1.57 bits per heavy atom. The number of hydrogen-bond donors (Lipinski definition) is 1. The normalized spacial score (nSPS) is 10.4. The first-order valence-corrected chi connectivity index (χ1v) is 5.42. The monoisotopic (exact) mass is 224 g/mol. The van der Waals surface area contributed by atoms with Crippen molar-refractivity contribution in [1.29, 1.82) is 0 Å². The van der Waals surface area contributed by atoms with Crippen LogP contribution in [0.15, 0.2) is 35.3 Å². The molecule has 0 aliphatic rings. The molecule has 1 aromatic heterocycles. The van der Waals surface area contributed by atoms with E-state index in [-0.39, 0.29) is 0 Å². The van der Waals surface area contributed by atoms with Crippen molar-refractivity contribution < 1.29 is 0 Å². The number of benzene rings is 1. The third kappa shape index (κ3) is 2.05. The average molecular weight is 225 g/mol. The van der Waals surface area contributed by atoms with Gasteiger partial charge in [0.1, 0.15) is 0 Å². The van der Waals surface area contributed by atoms with Crippen LogP contribution >= 0.6 is 22.9 Å². The Bertz CT molecular complexity index is 464. The van der Waals surface area contributed by atoms with Crippen molar-refractivity contribution in [3.63, 3.8) is 0 Å². The number of rotatable bonds is 3. The Kier molecular flexibility index (Phi) is 2.70. The standard InChI is InChI=1S/C10H9ClN2S/c1-7(11)5-12-8-2-3-9-10(4-8)14-6-13-9/h2-4,6,12H,1,5H2. The van der Waals surface area contributed by atoms with Crippen LogP contribution in [0.4, 0.5) is 5.69 Å². The molecule has 2 nitrogen and oxygen atoms in total. The van der Waals surface area contributed by atoms with E-state index in [0.29, 0.717) is 11.6 Å². The SMILES string of the molecule is C=C(Cl)CNc1ccc2ncsc2c1. The molecule has 0 radical (unpaired) electrons. The van der Waals surface area contributed by atoms with E-state index in [4.69, 9.17) is 11.6 Å². The summed E-state index contributed by atoms with van der Waals surface area (Å²) in [6.45, 7) is 4.20. The molecule has 14 heavy (non-hydrogen) atoms. The minimum atomic E-state index is 0.589. The van der Waals surface area contributed by atoms with Crippen molar-refractivity contribution >= 4 is 38.8 Å². The van der Waals surface area contributed by atoms with Crippen molar-refractivity contribution in [2.24, 2.45) is 0 Å². The van der Waals surface area contributed by atoms with E-state index < -0.39 is 0 Å².